The molecule has 1 aromatic carbocycles. The molecule has 0 aliphatic heterocycles. The van der Waals surface area contributed by atoms with Crippen molar-refractivity contribution in [3.8, 4) is 0 Å². The van der Waals surface area contributed by atoms with E-state index in [0.717, 1.165) is 0 Å². The van der Waals surface area contributed by atoms with E-state index in [0.29, 0.717) is 5.56 Å². The van der Waals surface area contributed by atoms with Crippen LogP contribution in [0.3, 0.4) is 0 Å². The van der Waals surface area contributed by atoms with Gasteiger partial charge in [0.2, 0.25) is 0 Å². The summed E-state index contributed by atoms with van der Waals surface area (Å²) in [6.45, 7) is 3.84. The molecular formula is C10H12N2O2. The molecule has 0 aliphatic rings. The lowest BCUT2D eigenvalue weighted by Crippen LogP contribution is -1.96. The zero-order valence-electron chi connectivity index (χ0n) is 8.18. The third-order valence-electron chi connectivity index (χ3n) is 1.65. The second-order valence-electron chi connectivity index (χ2n) is 3.19. The van der Waals surface area contributed by atoms with Crippen LogP contribution >= 0.6 is 0 Å². The molecule has 4 heteroatoms. The van der Waals surface area contributed by atoms with Gasteiger partial charge in [-0.05, 0) is 19.9 Å². The van der Waals surface area contributed by atoms with Crippen LogP contribution in [0.25, 0.3) is 0 Å². The van der Waals surface area contributed by atoms with Crippen molar-refractivity contribution in [3.05, 3.63) is 39.9 Å². The lowest BCUT2D eigenvalue weighted by Gasteiger charge is -1.97. The highest BCUT2D eigenvalue weighted by Gasteiger charge is 2.09. The molecule has 0 radical (unpaired) electrons. The van der Waals surface area contributed by atoms with Gasteiger partial charge in [0.25, 0.3) is 5.69 Å². The minimum atomic E-state index is -0.401. The molecule has 0 heterocycles. The Morgan fingerprint density at radius 2 is 2.07 bits per heavy atom. The van der Waals surface area contributed by atoms with Gasteiger partial charge in [-0.2, -0.15) is 0 Å². The van der Waals surface area contributed by atoms with Crippen molar-refractivity contribution in [1.29, 1.82) is 0 Å². The summed E-state index contributed by atoms with van der Waals surface area (Å²) in [6.07, 6.45) is 1.54. The van der Waals surface area contributed by atoms with E-state index >= 15 is 0 Å². The van der Waals surface area contributed by atoms with E-state index in [1.807, 2.05) is 13.8 Å². The maximum Gasteiger partial charge on any atom is 0.278 e. The molecule has 0 amide bonds. The van der Waals surface area contributed by atoms with Crippen LogP contribution in [0.5, 0.6) is 0 Å². The van der Waals surface area contributed by atoms with Crippen molar-refractivity contribution in [2.24, 2.45) is 4.99 Å². The zero-order chi connectivity index (χ0) is 10.6. The molecule has 74 valence electrons. The fourth-order valence-electron chi connectivity index (χ4n) is 0.992. The molecule has 0 saturated carbocycles. The molecule has 0 saturated heterocycles. The highest BCUT2D eigenvalue weighted by atomic mass is 16.6. The quantitative estimate of drug-likeness (QED) is 0.419. The van der Waals surface area contributed by atoms with E-state index in [2.05, 4.69) is 4.99 Å². The number of nitro benzene ring substituents is 1. The van der Waals surface area contributed by atoms with E-state index in [1.54, 1.807) is 24.4 Å². The van der Waals surface area contributed by atoms with Crippen LogP contribution in [0.15, 0.2) is 29.3 Å². The van der Waals surface area contributed by atoms with Gasteiger partial charge in [-0.3, -0.25) is 15.1 Å². The normalized spacial score (nSPS) is 11.1. The van der Waals surface area contributed by atoms with Crippen molar-refractivity contribution in [1.82, 2.24) is 0 Å². The number of nitrogens with zero attached hydrogens (tertiary/aromatic N) is 2. The van der Waals surface area contributed by atoms with Crippen molar-refractivity contribution in [3.63, 3.8) is 0 Å². The van der Waals surface area contributed by atoms with Gasteiger partial charge < -0.3 is 0 Å². The molecule has 14 heavy (non-hydrogen) atoms. The standard InChI is InChI=1S/C10H12N2O2/c1-8(2)11-7-9-5-3-4-6-10(9)12(13)14/h3-8H,1-2H3. The zero-order valence-corrected chi connectivity index (χ0v) is 8.18. The summed E-state index contributed by atoms with van der Waals surface area (Å²) < 4.78 is 0. The number of hydrogen-bond acceptors (Lipinski definition) is 3. The number of para-hydroxylation sites is 1. The van der Waals surface area contributed by atoms with E-state index in [-0.39, 0.29) is 11.7 Å². The number of nitro groups is 1. The lowest BCUT2D eigenvalue weighted by atomic mass is 10.2. The van der Waals surface area contributed by atoms with E-state index in [4.69, 9.17) is 0 Å². The molecule has 0 N–H and O–H groups in total. The Labute approximate surface area is 82.4 Å². The van der Waals surface area contributed by atoms with Crippen molar-refractivity contribution in [2.45, 2.75) is 19.9 Å². The van der Waals surface area contributed by atoms with Gasteiger partial charge in [-0.1, -0.05) is 12.1 Å². The van der Waals surface area contributed by atoms with E-state index in [1.165, 1.54) is 6.07 Å². The predicted octanol–water partition coefficient (Wildman–Crippen LogP) is 2.42. The van der Waals surface area contributed by atoms with Crippen LogP contribution in [0, 0.1) is 10.1 Å². The van der Waals surface area contributed by atoms with Crippen LogP contribution < -0.4 is 0 Å². The Balaban J connectivity index is 3.02. The SMILES string of the molecule is CC(C)N=Cc1ccccc1[N+](=O)[O-]. The molecule has 1 rings (SSSR count). The third kappa shape index (κ3) is 2.65. The van der Waals surface area contributed by atoms with Crippen LogP contribution in [0.1, 0.15) is 19.4 Å². The van der Waals surface area contributed by atoms with Crippen molar-refractivity contribution < 1.29 is 4.92 Å². The first-order chi connectivity index (χ1) is 6.61. The summed E-state index contributed by atoms with van der Waals surface area (Å²) in [6, 6.07) is 6.71. The Kier molecular flexibility index (Phi) is 3.34. The van der Waals surface area contributed by atoms with Gasteiger partial charge >= 0.3 is 0 Å². The van der Waals surface area contributed by atoms with Gasteiger partial charge in [0.15, 0.2) is 0 Å². The van der Waals surface area contributed by atoms with Crippen LogP contribution in [0.4, 0.5) is 5.69 Å². The second kappa shape index (κ2) is 4.50. The van der Waals surface area contributed by atoms with Crippen LogP contribution in [0.2, 0.25) is 0 Å². The fourth-order valence-corrected chi connectivity index (χ4v) is 0.992. The van der Waals surface area contributed by atoms with Crippen molar-refractivity contribution >= 4 is 11.9 Å². The largest absolute Gasteiger partial charge is 0.290 e. The molecule has 0 fully saturated rings. The first-order valence-electron chi connectivity index (χ1n) is 4.38. The molecule has 0 aliphatic carbocycles. The molecule has 0 atom stereocenters. The van der Waals surface area contributed by atoms with E-state index < -0.39 is 4.92 Å². The maximum atomic E-state index is 10.6. The molecule has 0 spiro atoms. The summed E-state index contributed by atoms with van der Waals surface area (Å²) in [4.78, 5) is 14.3. The van der Waals surface area contributed by atoms with Crippen molar-refractivity contribution in [2.75, 3.05) is 0 Å². The minimum absolute atomic E-state index is 0.0944. The summed E-state index contributed by atoms with van der Waals surface area (Å²) in [7, 11) is 0. The third-order valence-corrected chi connectivity index (χ3v) is 1.65. The van der Waals surface area contributed by atoms with Gasteiger partial charge in [-0.25, -0.2) is 0 Å². The lowest BCUT2D eigenvalue weighted by molar-refractivity contribution is -0.385. The summed E-state index contributed by atoms with van der Waals surface area (Å²) in [5.74, 6) is 0. The summed E-state index contributed by atoms with van der Waals surface area (Å²) in [5.41, 5.74) is 0.642. The number of benzene rings is 1. The van der Waals surface area contributed by atoms with Crippen LogP contribution in [-0.4, -0.2) is 17.2 Å². The minimum Gasteiger partial charge on any atom is -0.290 e. The molecular weight excluding hydrogens is 180 g/mol. The van der Waals surface area contributed by atoms with Gasteiger partial charge in [-0.15, -0.1) is 0 Å². The Bertz CT molecular complexity index is 359. The first-order valence-corrected chi connectivity index (χ1v) is 4.38. The average molecular weight is 192 g/mol. The topological polar surface area (TPSA) is 55.5 Å². The van der Waals surface area contributed by atoms with Gasteiger partial charge in [0.05, 0.1) is 10.5 Å². The monoisotopic (exact) mass is 192 g/mol. The van der Waals surface area contributed by atoms with E-state index in [9.17, 15) is 10.1 Å². The second-order valence-corrected chi connectivity index (χ2v) is 3.19. The summed E-state index contributed by atoms with van der Waals surface area (Å²) in [5, 5.41) is 10.6. The fraction of sp³-hybridized carbons (Fsp3) is 0.300. The first kappa shape index (κ1) is 10.4. The number of rotatable bonds is 3. The Morgan fingerprint density at radius 3 is 2.64 bits per heavy atom. The Morgan fingerprint density at radius 1 is 1.43 bits per heavy atom. The molecule has 4 nitrogen and oxygen atoms in total. The molecule has 0 aromatic heterocycles. The number of hydrogen-bond donors (Lipinski definition) is 0. The van der Waals surface area contributed by atoms with Gasteiger partial charge in [0, 0.05) is 18.3 Å². The van der Waals surface area contributed by atoms with Crippen LogP contribution in [-0.2, 0) is 0 Å². The number of aliphatic imine (C=N–C) groups is 1. The molecule has 0 bridgehead atoms. The predicted molar refractivity (Wildman–Crippen MR) is 55.8 cm³/mol. The maximum absolute atomic E-state index is 10.6. The smallest absolute Gasteiger partial charge is 0.278 e. The molecule has 0 unspecified atom stereocenters. The Hall–Kier alpha value is -1.71. The van der Waals surface area contributed by atoms with Gasteiger partial charge in [0.1, 0.15) is 0 Å². The highest BCUT2D eigenvalue weighted by Crippen LogP contribution is 2.15. The average Bonchev–Trinajstić information content (AvgIpc) is 2.15. The summed E-state index contributed by atoms with van der Waals surface area (Å²) >= 11 is 0. The molecule has 1 aromatic rings. The highest BCUT2D eigenvalue weighted by molar-refractivity contribution is 5.85.